The number of benzene rings is 2. The van der Waals surface area contributed by atoms with Crippen LogP contribution in [0.2, 0.25) is 0 Å². The molecular formula is C25H27N3O4. The summed E-state index contributed by atoms with van der Waals surface area (Å²) in [4.78, 5) is 20.2. The summed E-state index contributed by atoms with van der Waals surface area (Å²) >= 11 is 0. The van der Waals surface area contributed by atoms with Crippen molar-refractivity contribution in [1.82, 2.24) is 4.98 Å². The summed E-state index contributed by atoms with van der Waals surface area (Å²) in [5.74, 6) is 1.12. The standard InChI is InChI=1S/C25H27N3O4/c1-30-17-18-5-3-6-19(15-18)23-10-9-22(24(27-23)28-11-13-32-14-12-28)25(29)26-20-7-4-8-21(16-20)31-2/h3-10,15-16H,11-14,17H2,1-2H3,(H,26,29). The molecule has 32 heavy (non-hydrogen) atoms. The third-order valence-corrected chi connectivity index (χ3v) is 5.29. The molecular weight excluding hydrogens is 406 g/mol. The van der Waals surface area contributed by atoms with Crippen molar-refractivity contribution in [3.8, 4) is 17.0 Å². The second-order valence-electron chi connectivity index (χ2n) is 7.49. The number of pyridine rings is 1. The van der Waals surface area contributed by atoms with Gasteiger partial charge in [0.1, 0.15) is 11.6 Å². The molecule has 1 aliphatic heterocycles. The molecule has 1 N–H and O–H groups in total. The van der Waals surface area contributed by atoms with E-state index in [0.29, 0.717) is 55.7 Å². The summed E-state index contributed by atoms with van der Waals surface area (Å²) in [6, 6.07) is 19.1. The molecule has 7 heteroatoms. The van der Waals surface area contributed by atoms with Crippen molar-refractivity contribution in [3.05, 3.63) is 71.8 Å². The van der Waals surface area contributed by atoms with Gasteiger partial charge in [-0.1, -0.05) is 24.3 Å². The number of morpholine rings is 1. The first kappa shape index (κ1) is 21.8. The SMILES string of the molecule is COCc1cccc(-c2ccc(C(=O)Nc3cccc(OC)c3)c(N3CCOCC3)n2)c1. The van der Waals surface area contributed by atoms with Gasteiger partial charge >= 0.3 is 0 Å². The Bertz CT molecular complexity index is 1080. The van der Waals surface area contributed by atoms with Crippen LogP contribution in [0.5, 0.6) is 5.75 Å². The molecule has 0 saturated carbocycles. The van der Waals surface area contributed by atoms with Crippen molar-refractivity contribution in [2.75, 3.05) is 50.7 Å². The lowest BCUT2D eigenvalue weighted by molar-refractivity contribution is 0.102. The van der Waals surface area contributed by atoms with Gasteiger partial charge in [0.25, 0.3) is 5.91 Å². The van der Waals surface area contributed by atoms with Crippen LogP contribution in [-0.4, -0.2) is 51.4 Å². The number of hydrogen-bond donors (Lipinski definition) is 1. The molecule has 1 fully saturated rings. The maximum atomic E-state index is 13.2. The molecule has 0 aliphatic carbocycles. The number of amides is 1. The lowest BCUT2D eigenvalue weighted by atomic mass is 10.1. The highest BCUT2D eigenvalue weighted by Gasteiger charge is 2.22. The maximum absolute atomic E-state index is 13.2. The Labute approximate surface area is 187 Å². The van der Waals surface area contributed by atoms with Crippen LogP contribution in [0.1, 0.15) is 15.9 Å². The van der Waals surface area contributed by atoms with Gasteiger partial charge in [-0.15, -0.1) is 0 Å². The van der Waals surface area contributed by atoms with Crippen molar-refractivity contribution in [1.29, 1.82) is 0 Å². The Kier molecular flexibility index (Phi) is 6.99. The zero-order chi connectivity index (χ0) is 22.3. The van der Waals surface area contributed by atoms with Crippen molar-refractivity contribution in [2.45, 2.75) is 6.61 Å². The molecule has 0 spiro atoms. The number of nitrogens with zero attached hydrogens (tertiary/aromatic N) is 2. The van der Waals surface area contributed by atoms with E-state index in [1.54, 1.807) is 20.3 Å². The average Bonchev–Trinajstić information content (AvgIpc) is 2.84. The van der Waals surface area contributed by atoms with Crippen LogP contribution in [0.15, 0.2) is 60.7 Å². The molecule has 0 unspecified atom stereocenters. The predicted molar refractivity (Wildman–Crippen MR) is 124 cm³/mol. The zero-order valence-electron chi connectivity index (χ0n) is 18.3. The van der Waals surface area contributed by atoms with Gasteiger partial charge in [0.15, 0.2) is 0 Å². The molecule has 1 amide bonds. The molecule has 1 aromatic heterocycles. The van der Waals surface area contributed by atoms with E-state index < -0.39 is 0 Å². The molecule has 166 valence electrons. The number of nitrogens with one attached hydrogen (secondary N) is 1. The Hall–Kier alpha value is -3.42. The van der Waals surface area contributed by atoms with Gasteiger partial charge in [-0.2, -0.15) is 0 Å². The van der Waals surface area contributed by atoms with E-state index in [0.717, 1.165) is 16.8 Å². The van der Waals surface area contributed by atoms with Crippen molar-refractivity contribution >= 4 is 17.4 Å². The highest BCUT2D eigenvalue weighted by Crippen LogP contribution is 2.27. The smallest absolute Gasteiger partial charge is 0.259 e. The minimum Gasteiger partial charge on any atom is -0.497 e. The van der Waals surface area contributed by atoms with Gasteiger partial charge in [-0.3, -0.25) is 4.79 Å². The van der Waals surface area contributed by atoms with Crippen LogP contribution in [0, 0.1) is 0 Å². The fraction of sp³-hybridized carbons (Fsp3) is 0.280. The fourth-order valence-electron chi connectivity index (χ4n) is 3.69. The molecule has 0 bridgehead atoms. The topological polar surface area (TPSA) is 72.9 Å². The van der Waals surface area contributed by atoms with E-state index >= 15 is 0 Å². The minimum absolute atomic E-state index is 0.216. The molecule has 4 rings (SSSR count). The third kappa shape index (κ3) is 5.07. The molecule has 2 heterocycles. The number of anilines is 2. The summed E-state index contributed by atoms with van der Waals surface area (Å²) in [6.07, 6.45) is 0. The summed E-state index contributed by atoms with van der Waals surface area (Å²) in [5.41, 5.74) is 4.04. The maximum Gasteiger partial charge on any atom is 0.259 e. The van der Waals surface area contributed by atoms with Gasteiger partial charge in [0.2, 0.25) is 0 Å². The molecule has 0 radical (unpaired) electrons. The zero-order valence-corrected chi connectivity index (χ0v) is 18.3. The second kappa shape index (κ2) is 10.3. The monoisotopic (exact) mass is 433 g/mol. The van der Waals surface area contributed by atoms with Gasteiger partial charge in [0.05, 0.1) is 38.2 Å². The molecule has 0 atom stereocenters. The molecule has 7 nitrogen and oxygen atoms in total. The van der Waals surface area contributed by atoms with Crippen molar-refractivity contribution in [3.63, 3.8) is 0 Å². The van der Waals surface area contributed by atoms with Gasteiger partial charge < -0.3 is 24.4 Å². The lowest BCUT2D eigenvalue weighted by Gasteiger charge is -2.29. The highest BCUT2D eigenvalue weighted by molar-refractivity contribution is 6.08. The Balaban J connectivity index is 1.68. The summed E-state index contributed by atoms with van der Waals surface area (Å²) < 4.78 is 16.0. The van der Waals surface area contributed by atoms with Crippen LogP contribution in [-0.2, 0) is 16.1 Å². The number of carbonyl (C=O) groups is 1. The molecule has 2 aromatic carbocycles. The molecule has 3 aromatic rings. The first-order chi connectivity index (χ1) is 15.7. The van der Waals surface area contributed by atoms with E-state index in [2.05, 4.69) is 16.3 Å². The summed E-state index contributed by atoms with van der Waals surface area (Å²) in [6.45, 7) is 3.10. The van der Waals surface area contributed by atoms with Gasteiger partial charge in [0, 0.05) is 37.5 Å². The number of rotatable bonds is 7. The van der Waals surface area contributed by atoms with E-state index in [1.807, 2.05) is 48.5 Å². The molecule has 1 saturated heterocycles. The van der Waals surface area contributed by atoms with Gasteiger partial charge in [-0.05, 0) is 35.9 Å². The van der Waals surface area contributed by atoms with Crippen LogP contribution < -0.4 is 15.0 Å². The van der Waals surface area contributed by atoms with Crippen LogP contribution in [0.4, 0.5) is 11.5 Å². The lowest BCUT2D eigenvalue weighted by Crippen LogP contribution is -2.38. The summed E-state index contributed by atoms with van der Waals surface area (Å²) in [7, 11) is 3.28. The number of methoxy groups -OCH3 is 2. The van der Waals surface area contributed by atoms with Crippen molar-refractivity contribution < 1.29 is 19.0 Å². The van der Waals surface area contributed by atoms with E-state index in [9.17, 15) is 4.79 Å². The number of aromatic nitrogens is 1. The van der Waals surface area contributed by atoms with E-state index in [1.165, 1.54) is 0 Å². The minimum atomic E-state index is -0.216. The van der Waals surface area contributed by atoms with Gasteiger partial charge in [-0.25, -0.2) is 4.98 Å². The highest BCUT2D eigenvalue weighted by atomic mass is 16.5. The van der Waals surface area contributed by atoms with Crippen LogP contribution in [0.25, 0.3) is 11.3 Å². The van der Waals surface area contributed by atoms with E-state index in [-0.39, 0.29) is 5.91 Å². The first-order valence-corrected chi connectivity index (χ1v) is 10.6. The largest absolute Gasteiger partial charge is 0.497 e. The fourth-order valence-corrected chi connectivity index (χ4v) is 3.69. The predicted octanol–water partition coefficient (Wildman–Crippen LogP) is 3.99. The number of ether oxygens (including phenoxy) is 3. The normalized spacial score (nSPS) is 13.6. The second-order valence-corrected chi connectivity index (χ2v) is 7.49. The third-order valence-electron chi connectivity index (χ3n) is 5.29. The Morgan fingerprint density at radius 2 is 1.88 bits per heavy atom. The van der Waals surface area contributed by atoms with E-state index in [4.69, 9.17) is 19.2 Å². The summed E-state index contributed by atoms with van der Waals surface area (Å²) in [5, 5.41) is 2.96. The Morgan fingerprint density at radius 3 is 2.66 bits per heavy atom. The molecule has 1 aliphatic rings. The Morgan fingerprint density at radius 1 is 1.06 bits per heavy atom. The quantitative estimate of drug-likeness (QED) is 0.607. The first-order valence-electron chi connectivity index (χ1n) is 10.6. The van der Waals surface area contributed by atoms with Crippen LogP contribution >= 0.6 is 0 Å². The van der Waals surface area contributed by atoms with Crippen molar-refractivity contribution in [2.24, 2.45) is 0 Å². The number of hydrogen-bond acceptors (Lipinski definition) is 6. The van der Waals surface area contributed by atoms with Crippen LogP contribution in [0.3, 0.4) is 0 Å². The average molecular weight is 434 g/mol. The number of carbonyl (C=O) groups excluding carboxylic acids is 1.